The lowest BCUT2D eigenvalue weighted by atomic mass is 9.94. The maximum Gasteiger partial charge on any atom is 0.335 e. The molecular formula is C24H27N3O2. The maximum absolute atomic E-state index is 11.5. The molecule has 1 fully saturated rings. The van der Waals surface area contributed by atoms with E-state index in [1.165, 1.54) is 30.5 Å². The Bertz CT molecular complexity index is 1080. The summed E-state index contributed by atoms with van der Waals surface area (Å²) in [4.78, 5) is 16.4. The number of benzene rings is 2. The van der Waals surface area contributed by atoms with Crippen molar-refractivity contribution in [2.75, 3.05) is 5.32 Å². The molecule has 1 unspecified atom stereocenters. The molecule has 1 atom stereocenters. The lowest BCUT2D eigenvalue weighted by Crippen LogP contribution is -2.21. The highest BCUT2D eigenvalue weighted by Crippen LogP contribution is 2.37. The van der Waals surface area contributed by atoms with Crippen molar-refractivity contribution in [3.05, 3.63) is 47.5 Å². The van der Waals surface area contributed by atoms with Crippen LogP contribution in [0, 0.1) is 0 Å². The predicted molar refractivity (Wildman–Crippen MR) is 116 cm³/mol. The van der Waals surface area contributed by atoms with Gasteiger partial charge in [-0.25, -0.2) is 9.78 Å². The van der Waals surface area contributed by atoms with Crippen LogP contribution in [0.3, 0.4) is 0 Å². The van der Waals surface area contributed by atoms with E-state index >= 15 is 0 Å². The highest BCUT2D eigenvalue weighted by atomic mass is 16.4. The normalized spacial score (nSPS) is 19.7. The van der Waals surface area contributed by atoms with Gasteiger partial charge in [0.25, 0.3) is 0 Å². The van der Waals surface area contributed by atoms with Gasteiger partial charge in [-0.1, -0.05) is 19.3 Å². The summed E-state index contributed by atoms with van der Waals surface area (Å²) >= 11 is 0. The van der Waals surface area contributed by atoms with Crippen LogP contribution in [0.5, 0.6) is 0 Å². The molecule has 0 radical (unpaired) electrons. The molecule has 1 aliphatic carbocycles. The lowest BCUT2D eigenvalue weighted by Gasteiger charge is -2.27. The number of rotatable bonds is 3. The van der Waals surface area contributed by atoms with Gasteiger partial charge < -0.3 is 15.0 Å². The number of carboxylic acids is 1. The summed E-state index contributed by atoms with van der Waals surface area (Å²) in [7, 11) is 0. The molecule has 0 saturated heterocycles. The van der Waals surface area contributed by atoms with Gasteiger partial charge in [-0.2, -0.15) is 0 Å². The van der Waals surface area contributed by atoms with Gasteiger partial charge in [-0.05, 0) is 74.6 Å². The molecule has 0 amide bonds. The van der Waals surface area contributed by atoms with Crippen molar-refractivity contribution < 1.29 is 9.90 Å². The van der Waals surface area contributed by atoms with Gasteiger partial charge in [0.2, 0.25) is 0 Å². The Morgan fingerprint density at radius 3 is 2.72 bits per heavy atom. The fourth-order valence-corrected chi connectivity index (χ4v) is 4.93. The van der Waals surface area contributed by atoms with Gasteiger partial charge in [0.05, 0.1) is 16.6 Å². The van der Waals surface area contributed by atoms with Crippen molar-refractivity contribution in [1.29, 1.82) is 0 Å². The molecule has 5 rings (SSSR count). The quantitative estimate of drug-likeness (QED) is 0.607. The Balaban J connectivity index is 1.66. The lowest BCUT2D eigenvalue weighted by molar-refractivity contribution is 0.0697. The molecule has 0 bridgehead atoms. The van der Waals surface area contributed by atoms with Crippen molar-refractivity contribution in [3.63, 3.8) is 0 Å². The number of carbonyl (C=O) groups is 1. The Labute approximate surface area is 170 Å². The monoisotopic (exact) mass is 389 g/mol. The zero-order valence-corrected chi connectivity index (χ0v) is 16.8. The third kappa shape index (κ3) is 3.28. The minimum Gasteiger partial charge on any atom is -0.478 e. The number of hydrogen-bond donors (Lipinski definition) is 2. The predicted octanol–water partition coefficient (Wildman–Crippen LogP) is 5.65. The smallest absolute Gasteiger partial charge is 0.335 e. The number of nitrogens with one attached hydrogen (secondary N) is 1. The van der Waals surface area contributed by atoms with Gasteiger partial charge in [0, 0.05) is 23.3 Å². The molecule has 2 N–H and O–H groups in total. The first-order valence-corrected chi connectivity index (χ1v) is 10.8. The van der Waals surface area contributed by atoms with Crippen LogP contribution in [-0.2, 0) is 6.42 Å². The Morgan fingerprint density at radius 1 is 1.10 bits per heavy atom. The van der Waals surface area contributed by atoms with E-state index in [9.17, 15) is 9.90 Å². The van der Waals surface area contributed by atoms with Crippen LogP contribution in [0.15, 0.2) is 36.4 Å². The van der Waals surface area contributed by atoms with Crippen LogP contribution in [-0.4, -0.2) is 26.7 Å². The van der Waals surface area contributed by atoms with Crippen molar-refractivity contribution in [3.8, 4) is 11.4 Å². The second-order valence-corrected chi connectivity index (χ2v) is 8.56. The zero-order valence-electron chi connectivity index (χ0n) is 16.8. The van der Waals surface area contributed by atoms with E-state index in [0.717, 1.165) is 48.1 Å². The topological polar surface area (TPSA) is 67.1 Å². The Morgan fingerprint density at radius 2 is 1.93 bits per heavy atom. The van der Waals surface area contributed by atoms with E-state index in [4.69, 9.17) is 4.98 Å². The number of nitrogens with zero attached hydrogens (tertiary/aromatic N) is 2. The highest BCUT2D eigenvalue weighted by molar-refractivity contribution is 5.93. The SMILES string of the molecule is CC1CCc2cc(-c3nc4cc(C(=O)O)ccc4n3C3CCCCC3)ccc2N1. The van der Waals surface area contributed by atoms with Gasteiger partial charge >= 0.3 is 5.97 Å². The molecule has 0 spiro atoms. The average Bonchev–Trinajstić information content (AvgIpc) is 3.12. The van der Waals surface area contributed by atoms with Crippen molar-refractivity contribution in [1.82, 2.24) is 9.55 Å². The third-order valence-electron chi connectivity index (χ3n) is 6.49. The first kappa shape index (κ1) is 18.2. The zero-order chi connectivity index (χ0) is 20.0. The molecule has 5 nitrogen and oxygen atoms in total. The van der Waals surface area contributed by atoms with E-state index in [1.54, 1.807) is 12.1 Å². The summed E-state index contributed by atoms with van der Waals surface area (Å²) in [6, 6.07) is 12.9. The number of anilines is 1. The Kier molecular flexibility index (Phi) is 4.53. The third-order valence-corrected chi connectivity index (χ3v) is 6.49. The van der Waals surface area contributed by atoms with E-state index in [2.05, 4.69) is 35.0 Å². The molecule has 1 aliphatic heterocycles. The van der Waals surface area contributed by atoms with Crippen LogP contribution in [0.2, 0.25) is 0 Å². The van der Waals surface area contributed by atoms with Crippen LogP contribution >= 0.6 is 0 Å². The first-order valence-electron chi connectivity index (χ1n) is 10.8. The number of fused-ring (bicyclic) bond motifs is 2. The number of imidazole rings is 1. The molecule has 5 heteroatoms. The molecule has 29 heavy (non-hydrogen) atoms. The summed E-state index contributed by atoms with van der Waals surface area (Å²) in [5, 5.41) is 13.0. The van der Waals surface area contributed by atoms with E-state index in [0.29, 0.717) is 17.6 Å². The molecule has 2 aromatic carbocycles. The second-order valence-electron chi connectivity index (χ2n) is 8.56. The van der Waals surface area contributed by atoms with Gasteiger partial charge in [-0.15, -0.1) is 0 Å². The van der Waals surface area contributed by atoms with Crippen LogP contribution in [0.25, 0.3) is 22.4 Å². The van der Waals surface area contributed by atoms with Crippen molar-refractivity contribution in [2.45, 2.75) is 64.0 Å². The summed E-state index contributed by atoms with van der Waals surface area (Å²) in [6.07, 6.45) is 8.30. The fourth-order valence-electron chi connectivity index (χ4n) is 4.93. The molecule has 1 aromatic heterocycles. The number of aryl methyl sites for hydroxylation is 1. The Hall–Kier alpha value is -2.82. The molecule has 3 aromatic rings. The molecule has 150 valence electrons. The van der Waals surface area contributed by atoms with E-state index < -0.39 is 5.97 Å². The fraction of sp³-hybridized carbons (Fsp3) is 0.417. The van der Waals surface area contributed by atoms with Crippen molar-refractivity contribution in [2.24, 2.45) is 0 Å². The standard InChI is InChI=1S/C24H27N3O2/c1-15-7-8-16-13-17(9-11-20(16)25-15)23-26-21-14-18(24(28)29)10-12-22(21)27(23)19-5-3-2-4-6-19/h9-15,19,25H,2-8H2,1H3,(H,28,29). The number of hydrogen-bond acceptors (Lipinski definition) is 3. The van der Waals surface area contributed by atoms with E-state index in [-0.39, 0.29) is 0 Å². The molecule has 2 aliphatic rings. The average molecular weight is 389 g/mol. The van der Waals surface area contributed by atoms with Gasteiger partial charge in [0.15, 0.2) is 0 Å². The highest BCUT2D eigenvalue weighted by Gasteiger charge is 2.24. The first-order chi connectivity index (χ1) is 14.1. The summed E-state index contributed by atoms with van der Waals surface area (Å²) < 4.78 is 2.38. The number of aromatic carboxylic acids is 1. The summed E-state index contributed by atoms with van der Waals surface area (Å²) in [5.74, 6) is 0.0607. The minimum atomic E-state index is -0.908. The van der Waals surface area contributed by atoms with Crippen LogP contribution < -0.4 is 5.32 Å². The van der Waals surface area contributed by atoms with Gasteiger partial charge in [-0.3, -0.25) is 0 Å². The number of aromatic nitrogens is 2. The molecule has 2 heterocycles. The minimum absolute atomic E-state index is 0.293. The summed E-state index contributed by atoms with van der Waals surface area (Å²) in [5.41, 5.74) is 5.80. The summed E-state index contributed by atoms with van der Waals surface area (Å²) in [6.45, 7) is 2.22. The largest absolute Gasteiger partial charge is 0.478 e. The van der Waals surface area contributed by atoms with Gasteiger partial charge in [0.1, 0.15) is 5.82 Å². The maximum atomic E-state index is 11.5. The van der Waals surface area contributed by atoms with Crippen LogP contribution in [0.4, 0.5) is 5.69 Å². The van der Waals surface area contributed by atoms with Crippen LogP contribution in [0.1, 0.15) is 67.4 Å². The number of carboxylic acid groups (broad SMARTS) is 1. The van der Waals surface area contributed by atoms with Crippen molar-refractivity contribution >= 4 is 22.7 Å². The van der Waals surface area contributed by atoms with E-state index in [1.807, 2.05) is 6.07 Å². The molecular weight excluding hydrogens is 362 g/mol. The molecule has 1 saturated carbocycles. The second kappa shape index (κ2) is 7.21.